The standard InChI is InChI=1S/C10H22OSSi/c1-9(12)8-13(4)7-5-6-10(2,3)11-13/h9,12H,5-8H2,1-4H3. The molecular weight excluding hydrogens is 196 g/mol. The average Bonchev–Trinajstić information content (AvgIpc) is 1.79. The molecule has 1 fully saturated rings. The van der Waals surface area contributed by atoms with Crippen LogP contribution in [-0.4, -0.2) is 19.2 Å². The van der Waals surface area contributed by atoms with Crippen LogP contribution in [0.1, 0.15) is 33.6 Å². The molecule has 2 unspecified atom stereocenters. The molecular formula is C10H22OSSi. The summed E-state index contributed by atoms with van der Waals surface area (Å²) in [5.41, 5.74) is 0.127. The minimum atomic E-state index is -1.41. The molecule has 1 heterocycles. The molecule has 1 rings (SSSR count). The lowest BCUT2D eigenvalue weighted by Gasteiger charge is -2.43. The normalized spacial score (nSPS) is 35.8. The summed E-state index contributed by atoms with van der Waals surface area (Å²) in [6.07, 6.45) is 2.56. The van der Waals surface area contributed by atoms with Crippen LogP contribution in [0, 0.1) is 0 Å². The highest BCUT2D eigenvalue weighted by Gasteiger charge is 2.39. The van der Waals surface area contributed by atoms with Crippen molar-refractivity contribution in [3.63, 3.8) is 0 Å². The second-order valence-electron chi connectivity index (χ2n) is 5.22. The first kappa shape index (κ1) is 11.6. The van der Waals surface area contributed by atoms with E-state index < -0.39 is 8.32 Å². The van der Waals surface area contributed by atoms with Crippen LogP contribution in [0.4, 0.5) is 0 Å². The topological polar surface area (TPSA) is 9.23 Å². The van der Waals surface area contributed by atoms with E-state index >= 15 is 0 Å². The van der Waals surface area contributed by atoms with E-state index in [2.05, 4.69) is 39.9 Å². The van der Waals surface area contributed by atoms with E-state index in [0.29, 0.717) is 5.25 Å². The van der Waals surface area contributed by atoms with Crippen LogP contribution in [0.15, 0.2) is 0 Å². The Hall–Kier alpha value is 0.527. The molecule has 0 N–H and O–H groups in total. The predicted molar refractivity (Wildman–Crippen MR) is 64.1 cm³/mol. The van der Waals surface area contributed by atoms with Gasteiger partial charge in [-0.2, -0.15) is 12.6 Å². The van der Waals surface area contributed by atoms with Crippen molar-refractivity contribution in [2.45, 2.75) is 63.1 Å². The molecule has 0 aromatic rings. The van der Waals surface area contributed by atoms with Gasteiger partial charge in [0.05, 0.1) is 5.60 Å². The smallest absolute Gasteiger partial charge is 0.191 e. The van der Waals surface area contributed by atoms with Gasteiger partial charge < -0.3 is 4.43 Å². The van der Waals surface area contributed by atoms with Crippen LogP contribution in [0.25, 0.3) is 0 Å². The van der Waals surface area contributed by atoms with Gasteiger partial charge in [0.25, 0.3) is 0 Å². The highest BCUT2D eigenvalue weighted by molar-refractivity contribution is 7.81. The maximum Gasteiger partial charge on any atom is 0.191 e. The summed E-state index contributed by atoms with van der Waals surface area (Å²) in [7, 11) is -1.41. The fourth-order valence-electron chi connectivity index (χ4n) is 2.43. The molecule has 1 aliphatic heterocycles. The predicted octanol–water partition coefficient (Wildman–Crippen LogP) is 3.47. The van der Waals surface area contributed by atoms with Gasteiger partial charge in [-0.05, 0) is 44.2 Å². The van der Waals surface area contributed by atoms with E-state index in [0.717, 1.165) is 0 Å². The first-order valence-electron chi connectivity index (χ1n) is 5.21. The Morgan fingerprint density at radius 3 is 2.62 bits per heavy atom. The monoisotopic (exact) mass is 218 g/mol. The van der Waals surface area contributed by atoms with Gasteiger partial charge in [0, 0.05) is 0 Å². The highest BCUT2D eigenvalue weighted by atomic mass is 32.1. The van der Waals surface area contributed by atoms with Gasteiger partial charge in [0.15, 0.2) is 8.32 Å². The molecule has 78 valence electrons. The number of hydrogen-bond donors (Lipinski definition) is 1. The molecule has 3 heteroatoms. The molecule has 0 radical (unpaired) electrons. The van der Waals surface area contributed by atoms with Crippen molar-refractivity contribution in [3.05, 3.63) is 0 Å². The van der Waals surface area contributed by atoms with Gasteiger partial charge in [-0.15, -0.1) is 0 Å². The van der Waals surface area contributed by atoms with Crippen LogP contribution in [0.2, 0.25) is 18.6 Å². The third-order valence-corrected chi connectivity index (χ3v) is 7.19. The summed E-state index contributed by atoms with van der Waals surface area (Å²) in [6, 6.07) is 2.51. The van der Waals surface area contributed by atoms with E-state index in [4.69, 9.17) is 4.43 Å². The molecule has 0 saturated carbocycles. The van der Waals surface area contributed by atoms with E-state index in [9.17, 15) is 0 Å². The SMILES string of the molecule is CC(S)C[Si]1(C)CCCC(C)(C)O1. The zero-order chi connectivity index (χ0) is 10.1. The van der Waals surface area contributed by atoms with Crippen molar-refractivity contribution in [2.24, 2.45) is 0 Å². The minimum Gasteiger partial charge on any atom is -0.412 e. The van der Waals surface area contributed by atoms with Crippen LogP contribution in [0.5, 0.6) is 0 Å². The molecule has 0 aliphatic carbocycles. The van der Waals surface area contributed by atoms with Crippen molar-refractivity contribution in [1.29, 1.82) is 0 Å². The third kappa shape index (κ3) is 3.64. The Kier molecular flexibility index (Phi) is 3.53. The van der Waals surface area contributed by atoms with Gasteiger partial charge in [-0.3, -0.25) is 0 Å². The van der Waals surface area contributed by atoms with Crippen molar-refractivity contribution in [3.8, 4) is 0 Å². The number of rotatable bonds is 2. The first-order valence-corrected chi connectivity index (χ1v) is 8.55. The second kappa shape index (κ2) is 3.95. The summed E-state index contributed by atoms with van der Waals surface area (Å²) < 4.78 is 6.26. The molecule has 0 amide bonds. The van der Waals surface area contributed by atoms with Gasteiger partial charge >= 0.3 is 0 Å². The Bertz CT molecular complexity index is 182. The zero-order valence-corrected chi connectivity index (χ0v) is 11.2. The molecule has 1 saturated heterocycles. The maximum absolute atomic E-state index is 6.26. The van der Waals surface area contributed by atoms with Gasteiger partial charge in [0.2, 0.25) is 0 Å². The molecule has 13 heavy (non-hydrogen) atoms. The molecule has 1 nitrogen and oxygen atoms in total. The van der Waals surface area contributed by atoms with Crippen LogP contribution < -0.4 is 0 Å². The Morgan fingerprint density at radius 2 is 2.15 bits per heavy atom. The van der Waals surface area contributed by atoms with Crippen LogP contribution in [0.3, 0.4) is 0 Å². The molecule has 0 aromatic carbocycles. The molecule has 0 bridgehead atoms. The lowest BCUT2D eigenvalue weighted by atomic mass is 10.0. The van der Waals surface area contributed by atoms with Crippen molar-refractivity contribution in [2.75, 3.05) is 0 Å². The summed E-state index contributed by atoms with van der Waals surface area (Å²) in [5.74, 6) is 0. The van der Waals surface area contributed by atoms with Crippen molar-refractivity contribution in [1.82, 2.24) is 0 Å². The summed E-state index contributed by atoms with van der Waals surface area (Å²) in [5, 5.41) is 0.491. The van der Waals surface area contributed by atoms with Crippen LogP contribution >= 0.6 is 12.6 Å². The zero-order valence-electron chi connectivity index (χ0n) is 9.26. The van der Waals surface area contributed by atoms with Gasteiger partial charge in [0.1, 0.15) is 0 Å². The lowest BCUT2D eigenvalue weighted by molar-refractivity contribution is 0.0700. The van der Waals surface area contributed by atoms with E-state index in [1.807, 2.05) is 0 Å². The quantitative estimate of drug-likeness (QED) is 0.551. The Morgan fingerprint density at radius 1 is 1.54 bits per heavy atom. The second-order valence-corrected chi connectivity index (χ2v) is 10.1. The number of hydrogen-bond acceptors (Lipinski definition) is 2. The molecule has 0 spiro atoms. The summed E-state index contributed by atoms with van der Waals surface area (Å²) in [4.78, 5) is 0. The lowest BCUT2D eigenvalue weighted by Crippen LogP contribution is -2.48. The van der Waals surface area contributed by atoms with Gasteiger partial charge in [-0.1, -0.05) is 13.3 Å². The fourth-order valence-corrected chi connectivity index (χ4v) is 7.58. The Balaban J connectivity index is 2.58. The molecule has 0 aromatic heterocycles. The summed E-state index contributed by atoms with van der Waals surface area (Å²) >= 11 is 4.47. The largest absolute Gasteiger partial charge is 0.412 e. The average molecular weight is 218 g/mol. The Labute approximate surface area is 88.8 Å². The number of thiol groups is 1. The first-order chi connectivity index (χ1) is 5.83. The third-order valence-electron chi connectivity index (χ3n) is 2.73. The fraction of sp³-hybridized carbons (Fsp3) is 1.00. The van der Waals surface area contributed by atoms with E-state index in [-0.39, 0.29) is 5.60 Å². The maximum atomic E-state index is 6.26. The molecule has 2 atom stereocenters. The van der Waals surface area contributed by atoms with Crippen LogP contribution in [-0.2, 0) is 4.43 Å². The minimum absolute atomic E-state index is 0.127. The summed E-state index contributed by atoms with van der Waals surface area (Å²) in [6.45, 7) is 8.98. The molecule has 1 aliphatic rings. The highest BCUT2D eigenvalue weighted by Crippen LogP contribution is 2.36. The van der Waals surface area contributed by atoms with E-state index in [1.54, 1.807) is 0 Å². The van der Waals surface area contributed by atoms with Crippen molar-refractivity contribution >= 4 is 20.9 Å². The van der Waals surface area contributed by atoms with Crippen molar-refractivity contribution < 1.29 is 4.43 Å². The van der Waals surface area contributed by atoms with E-state index in [1.165, 1.54) is 24.9 Å². The van der Waals surface area contributed by atoms with Gasteiger partial charge in [-0.25, -0.2) is 0 Å².